The number of nitrogens with zero attached hydrogens (tertiary/aromatic N) is 3. The van der Waals surface area contributed by atoms with E-state index in [2.05, 4.69) is 10.3 Å². The molecule has 0 bridgehead atoms. The van der Waals surface area contributed by atoms with Gasteiger partial charge >= 0.3 is 0 Å². The maximum Gasteiger partial charge on any atom is 0.255 e. The molecule has 0 saturated heterocycles. The molecular formula is C35H22N5O4S4-. The first-order valence-corrected chi connectivity index (χ1v) is 18.4. The Kier molecular flexibility index (Phi) is 7.31. The van der Waals surface area contributed by atoms with Crippen molar-refractivity contribution in [3.63, 3.8) is 0 Å². The zero-order valence-electron chi connectivity index (χ0n) is 24.9. The van der Waals surface area contributed by atoms with Crippen LogP contribution in [-0.4, -0.2) is 33.8 Å². The van der Waals surface area contributed by atoms with E-state index in [9.17, 15) is 17.8 Å². The molecule has 0 saturated carbocycles. The molecule has 5 aromatic carbocycles. The van der Waals surface area contributed by atoms with E-state index in [-0.39, 0.29) is 10.8 Å². The minimum absolute atomic E-state index is 0.213. The molecule has 8 rings (SSSR count). The minimum atomic E-state index is -4.65. The van der Waals surface area contributed by atoms with Crippen molar-refractivity contribution in [3.05, 3.63) is 108 Å². The number of aryl methyl sites for hydroxylation is 1. The first-order valence-electron chi connectivity index (χ1n) is 14.5. The van der Waals surface area contributed by atoms with Gasteiger partial charge in [0.2, 0.25) is 0 Å². The first kappa shape index (κ1) is 30.3. The SMILES string of the molecule is Cc1ccc2nc(-c3ccc4nc(-c5ccc(NC(=O)c6ccc7nc(-c8ccc(N)cc8)sc7c6)cc5)sc4c3)sc2c1S(=O)(=O)[O-]. The maximum absolute atomic E-state index is 13.1. The standard InChI is InChI=1S/C35H23N5O4S4/c1-18-2-13-27-30(31(18)48(42,43)44)47-35(40-27)22-8-15-26-29(17-22)46-34(39-26)20-5-11-24(12-6-20)37-32(41)21-7-14-25-28(16-21)45-33(38-25)19-3-9-23(36)10-4-19/h2-17H,36H2,1H3,(H,37,41)(H,42,43,44)/p-1. The largest absolute Gasteiger partial charge is 0.744 e. The molecular weight excluding hydrogens is 683 g/mol. The van der Waals surface area contributed by atoms with E-state index >= 15 is 0 Å². The summed E-state index contributed by atoms with van der Waals surface area (Å²) in [5, 5.41) is 5.27. The van der Waals surface area contributed by atoms with Crippen molar-refractivity contribution in [3.8, 4) is 31.7 Å². The molecule has 9 nitrogen and oxygen atoms in total. The lowest BCUT2D eigenvalue weighted by molar-refractivity contribution is 0.102. The summed E-state index contributed by atoms with van der Waals surface area (Å²) >= 11 is 4.23. The second-order valence-electron chi connectivity index (χ2n) is 11.1. The average molecular weight is 705 g/mol. The number of carbonyl (C=O) groups excluding carboxylic acids is 1. The Bertz CT molecular complexity index is 2660. The number of nitrogen functional groups attached to an aromatic ring is 1. The fourth-order valence-electron chi connectivity index (χ4n) is 5.40. The van der Waals surface area contributed by atoms with Crippen LogP contribution >= 0.6 is 34.0 Å². The number of fused-ring (bicyclic) bond motifs is 3. The Hall–Kier alpha value is -5.05. The summed E-state index contributed by atoms with van der Waals surface area (Å²) in [6, 6.07) is 29.7. The summed E-state index contributed by atoms with van der Waals surface area (Å²) in [5.74, 6) is -0.218. The van der Waals surface area contributed by atoms with Crippen molar-refractivity contribution in [2.24, 2.45) is 0 Å². The molecule has 0 spiro atoms. The number of nitrogens with two attached hydrogens (primary N) is 1. The van der Waals surface area contributed by atoms with Crippen molar-refractivity contribution >= 4 is 92.1 Å². The van der Waals surface area contributed by atoms with Gasteiger partial charge in [0.1, 0.15) is 25.1 Å². The van der Waals surface area contributed by atoms with Gasteiger partial charge in [0.15, 0.2) is 0 Å². The minimum Gasteiger partial charge on any atom is -0.744 e. The number of hydrogen-bond acceptors (Lipinski definition) is 11. The molecule has 3 heterocycles. The van der Waals surface area contributed by atoms with E-state index < -0.39 is 10.1 Å². The van der Waals surface area contributed by atoms with Gasteiger partial charge in [-0.1, -0.05) is 6.07 Å². The summed E-state index contributed by atoms with van der Waals surface area (Å²) in [6.45, 7) is 1.61. The number of benzene rings is 5. The van der Waals surface area contributed by atoms with Crippen molar-refractivity contribution < 1.29 is 17.8 Å². The van der Waals surface area contributed by atoms with Gasteiger partial charge < -0.3 is 15.6 Å². The summed E-state index contributed by atoms with van der Waals surface area (Å²) in [5.41, 5.74) is 12.9. The molecule has 3 N–H and O–H groups in total. The molecule has 0 atom stereocenters. The Labute approximate surface area is 286 Å². The smallest absolute Gasteiger partial charge is 0.255 e. The van der Waals surface area contributed by atoms with E-state index in [1.807, 2.05) is 78.9 Å². The van der Waals surface area contributed by atoms with Crippen LogP contribution in [0.4, 0.5) is 11.4 Å². The Morgan fingerprint density at radius 2 is 1.23 bits per heavy atom. The number of amides is 1. The van der Waals surface area contributed by atoms with Gasteiger partial charge in [-0.3, -0.25) is 4.79 Å². The Morgan fingerprint density at radius 3 is 1.90 bits per heavy atom. The monoisotopic (exact) mass is 704 g/mol. The molecule has 0 fully saturated rings. The van der Waals surface area contributed by atoms with Gasteiger partial charge in [-0.05, 0) is 103 Å². The number of nitrogens with one attached hydrogen (secondary N) is 1. The third-order valence-electron chi connectivity index (χ3n) is 7.79. The number of thiazole rings is 3. The molecule has 0 aliphatic carbocycles. The van der Waals surface area contributed by atoms with E-state index in [1.54, 1.807) is 25.1 Å². The van der Waals surface area contributed by atoms with Crippen LogP contribution < -0.4 is 11.1 Å². The van der Waals surface area contributed by atoms with Crippen molar-refractivity contribution in [2.45, 2.75) is 11.8 Å². The predicted octanol–water partition coefficient (Wildman–Crippen LogP) is 8.56. The zero-order chi connectivity index (χ0) is 33.2. The Morgan fingerprint density at radius 1 is 0.688 bits per heavy atom. The third kappa shape index (κ3) is 5.61. The third-order valence-corrected chi connectivity index (χ3v) is 12.2. The summed E-state index contributed by atoms with van der Waals surface area (Å²) < 4.78 is 38.1. The van der Waals surface area contributed by atoms with Crippen LogP contribution in [0, 0.1) is 6.92 Å². The normalized spacial score (nSPS) is 11.9. The molecule has 48 heavy (non-hydrogen) atoms. The molecule has 236 valence electrons. The molecule has 0 aliphatic heterocycles. The van der Waals surface area contributed by atoms with Crippen LogP contribution in [0.15, 0.2) is 102 Å². The predicted molar refractivity (Wildman–Crippen MR) is 194 cm³/mol. The second kappa shape index (κ2) is 11.6. The fourth-order valence-corrected chi connectivity index (χ4v) is 9.70. The lowest BCUT2D eigenvalue weighted by Gasteiger charge is -2.10. The van der Waals surface area contributed by atoms with E-state index in [0.29, 0.717) is 37.7 Å². The second-order valence-corrected chi connectivity index (χ2v) is 15.5. The van der Waals surface area contributed by atoms with Crippen LogP contribution in [0.2, 0.25) is 0 Å². The van der Waals surface area contributed by atoms with Crippen molar-refractivity contribution in [2.75, 3.05) is 11.1 Å². The van der Waals surface area contributed by atoms with Gasteiger partial charge in [-0.2, -0.15) is 0 Å². The van der Waals surface area contributed by atoms with Gasteiger partial charge in [0.25, 0.3) is 5.91 Å². The first-order chi connectivity index (χ1) is 23.1. The quantitative estimate of drug-likeness (QED) is 0.129. The van der Waals surface area contributed by atoms with Gasteiger partial charge in [0.05, 0.1) is 35.5 Å². The summed E-state index contributed by atoms with van der Waals surface area (Å²) in [7, 11) is -4.65. The van der Waals surface area contributed by atoms with E-state index in [1.165, 1.54) is 34.0 Å². The highest BCUT2D eigenvalue weighted by atomic mass is 32.2. The molecule has 13 heteroatoms. The molecule has 0 aliphatic rings. The van der Waals surface area contributed by atoms with Crippen LogP contribution in [-0.2, 0) is 10.1 Å². The Balaban J connectivity index is 1.01. The van der Waals surface area contributed by atoms with Crippen LogP contribution in [0.5, 0.6) is 0 Å². The van der Waals surface area contributed by atoms with Crippen LogP contribution in [0.1, 0.15) is 15.9 Å². The lowest BCUT2D eigenvalue weighted by atomic mass is 10.1. The average Bonchev–Trinajstić information content (AvgIpc) is 3.80. The molecule has 3 aromatic heterocycles. The van der Waals surface area contributed by atoms with Crippen molar-refractivity contribution in [1.29, 1.82) is 0 Å². The van der Waals surface area contributed by atoms with Crippen molar-refractivity contribution in [1.82, 2.24) is 15.0 Å². The summed E-state index contributed by atoms with van der Waals surface area (Å²) in [4.78, 5) is 27.0. The molecule has 1 amide bonds. The number of carbonyl (C=O) groups is 1. The maximum atomic E-state index is 13.1. The topological polar surface area (TPSA) is 151 Å². The lowest BCUT2D eigenvalue weighted by Crippen LogP contribution is -2.11. The number of aromatic nitrogens is 3. The van der Waals surface area contributed by atoms with E-state index in [0.717, 1.165) is 47.1 Å². The summed E-state index contributed by atoms with van der Waals surface area (Å²) in [6.07, 6.45) is 0. The van der Waals surface area contributed by atoms with Crippen LogP contribution in [0.25, 0.3) is 62.4 Å². The van der Waals surface area contributed by atoms with Gasteiger partial charge in [-0.25, -0.2) is 23.4 Å². The number of anilines is 2. The number of rotatable bonds is 6. The highest BCUT2D eigenvalue weighted by molar-refractivity contribution is 7.86. The molecule has 0 unspecified atom stereocenters. The fraction of sp³-hybridized carbons (Fsp3) is 0.0286. The van der Waals surface area contributed by atoms with Crippen LogP contribution in [0.3, 0.4) is 0 Å². The van der Waals surface area contributed by atoms with Gasteiger partial charge in [-0.15, -0.1) is 34.0 Å². The van der Waals surface area contributed by atoms with Gasteiger partial charge in [0, 0.05) is 33.6 Å². The molecule has 8 aromatic rings. The zero-order valence-corrected chi connectivity index (χ0v) is 28.2. The highest BCUT2D eigenvalue weighted by Crippen LogP contribution is 2.39. The number of hydrogen-bond donors (Lipinski definition) is 2. The van der Waals surface area contributed by atoms with E-state index in [4.69, 9.17) is 15.7 Å². The highest BCUT2D eigenvalue weighted by Gasteiger charge is 2.17. The molecule has 0 radical (unpaired) electrons.